The van der Waals surface area contributed by atoms with Crippen LogP contribution in [0.5, 0.6) is 0 Å². The Morgan fingerprint density at radius 3 is 2.28 bits per heavy atom. The highest BCUT2D eigenvalue weighted by Crippen LogP contribution is 2.35. The van der Waals surface area contributed by atoms with Gasteiger partial charge in [-0.2, -0.15) is 0 Å². The Hall–Kier alpha value is -0.780. The number of hydrogen-bond donors (Lipinski definition) is 0. The maximum absolute atomic E-state index is 4.26. The van der Waals surface area contributed by atoms with E-state index in [1.165, 1.54) is 62.5 Å². The van der Waals surface area contributed by atoms with Crippen molar-refractivity contribution in [1.29, 1.82) is 0 Å². The molecule has 100 valence electrons. The van der Waals surface area contributed by atoms with Gasteiger partial charge in [-0.25, -0.2) is 0 Å². The zero-order valence-corrected chi connectivity index (χ0v) is 11.8. The second-order valence-corrected chi connectivity index (χ2v) is 6.28. The van der Waals surface area contributed by atoms with Crippen molar-refractivity contribution in [3.05, 3.63) is 36.5 Å². The molecule has 0 bridgehead atoms. The summed E-state index contributed by atoms with van der Waals surface area (Å²) in [5, 5.41) is 0. The Morgan fingerprint density at radius 2 is 1.56 bits per heavy atom. The van der Waals surface area contributed by atoms with Crippen molar-refractivity contribution >= 4 is 0 Å². The molecule has 0 N–H and O–H groups in total. The van der Waals surface area contributed by atoms with Crippen LogP contribution in [0.1, 0.15) is 64.2 Å². The molecule has 0 amide bonds. The van der Waals surface area contributed by atoms with Crippen molar-refractivity contribution in [3.63, 3.8) is 0 Å². The fourth-order valence-corrected chi connectivity index (χ4v) is 3.55. The summed E-state index contributed by atoms with van der Waals surface area (Å²) in [5.74, 6) is 1.66. The molecule has 0 nitrogen and oxygen atoms in total. The van der Waals surface area contributed by atoms with Crippen LogP contribution in [0.4, 0.5) is 0 Å². The lowest BCUT2D eigenvalue weighted by molar-refractivity contribution is 0.301. The molecular weight excluding hydrogens is 216 g/mol. The summed E-state index contributed by atoms with van der Waals surface area (Å²) in [6.07, 6.45) is 18.2. The van der Waals surface area contributed by atoms with Gasteiger partial charge in [0.05, 0.1) is 0 Å². The van der Waals surface area contributed by atoms with Crippen LogP contribution in [0.15, 0.2) is 36.5 Å². The van der Waals surface area contributed by atoms with Crippen molar-refractivity contribution in [1.82, 2.24) is 0 Å². The molecule has 2 rings (SSSR count). The highest BCUT2D eigenvalue weighted by Gasteiger charge is 2.21. The van der Waals surface area contributed by atoms with Crippen LogP contribution in [-0.2, 0) is 0 Å². The molecule has 0 heterocycles. The van der Waals surface area contributed by atoms with Gasteiger partial charge in [0, 0.05) is 0 Å². The summed E-state index contributed by atoms with van der Waals surface area (Å²) in [6, 6.07) is 0. The van der Waals surface area contributed by atoms with Gasteiger partial charge in [-0.05, 0) is 43.9 Å². The van der Waals surface area contributed by atoms with Gasteiger partial charge < -0.3 is 0 Å². The molecule has 0 saturated heterocycles. The van der Waals surface area contributed by atoms with Crippen LogP contribution in [0.3, 0.4) is 0 Å². The Bertz CT molecular complexity index is 313. The summed E-state index contributed by atoms with van der Waals surface area (Å²) in [4.78, 5) is 0. The molecule has 0 aliphatic heterocycles. The lowest BCUT2D eigenvalue weighted by Crippen LogP contribution is -2.16. The minimum absolute atomic E-state index is 0.753. The van der Waals surface area contributed by atoms with Gasteiger partial charge in [-0.15, -0.1) is 0 Å². The van der Waals surface area contributed by atoms with Gasteiger partial charge in [-0.3, -0.25) is 0 Å². The first-order chi connectivity index (χ1) is 8.75. The molecule has 1 fully saturated rings. The predicted octanol–water partition coefficient (Wildman–Crippen LogP) is 5.82. The van der Waals surface area contributed by atoms with E-state index in [1.807, 2.05) is 0 Å². The first kappa shape index (κ1) is 13.6. The highest BCUT2D eigenvalue weighted by molar-refractivity contribution is 5.17. The molecule has 2 aliphatic carbocycles. The molecule has 0 spiro atoms. The Balaban J connectivity index is 1.99. The van der Waals surface area contributed by atoms with Crippen molar-refractivity contribution in [2.24, 2.45) is 11.8 Å². The standard InChI is InChI=1S/C18H28/c1-15-9-8-12-18(14-16(2)13-15)17-10-6-4-3-5-7-11-17/h8,12,17-18H,1-7,9-11,13-14H2. The number of hydrogen-bond acceptors (Lipinski definition) is 0. The van der Waals surface area contributed by atoms with E-state index in [9.17, 15) is 0 Å². The van der Waals surface area contributed by atoms with E-state index in [1.54, 1.807) is 0 Å². The number of allylic oxidation sites excluding steroid dienone is 4. The van der Waals surface area contributed by atoms with E-state index in [2.05, 4.69) is 25.3 Å². The first-order valence-electron chi connectivity index (χ1n) is 7.75. The summed E-state index contributed by atoms with van der Waals surface area (Å²) in [6.45, 7) is 8.38. The van der Waals surface area contributed by atoms with Crippen LogP contribution in [0, 0.1) is 11.8 Å². The van der Waals surface area contributed by atoms with Gasteiger partial charge in [0.15, 0.2) is 0 Å². The second kappa shape index (κ2) is 6.97. The van der Waals surface area contributed by atoms with E-state index in [-0.39, 0.29) is 0 Å². The summed E-state index contributed by atoms with van der Waals surface area (Å²) in [7, 11) is 0. The first-order valence-corrected chi connectivity index (χ1v) is 7.75. The van der Waals surface area contributed by atoms with E-state index in [0.29, 0.717) is 0 Å². The number of rotatable bonds is 1. The molecule has 2 aliphatic rings. The minimum atomic E-state index is 0.753. The SMILES string of the molecule is C=C1CC=CC(C2CCCCCCC2)CC(=C)C1. The molecule has 0 aromatic heterocycles. The molecule has 0 heteroatoms. The molecule has 1 saturated carbocycles. The van der Waals surface area contributed by atoms with Crippen LogP contribution < -0.4 is 0 Å². The Labute approximate surface area is 113 Å². The average Bonchev–Trinajstić information content (AvgIpc) is 2.25. The highest BCUT2D eigenvalue weighted by atomic mass is 14.3. The van der Waals surface area contributed by atoms with Crippen molar-refractivity contribution in [2.75, 3.05) is 0 Å². The normalized spacial score (nSPS) is 28.3. The molecule has 1 atom stereocenters. The smallest absolute Gasteiger partial charge is 0.0111 e. The van der Waals surface area contributed by atoms with E-state index >= 15 is 0 Å². The van der Waals surface area contributed by atoms with Crippen molar-refractivity contribution < 1.29 is 0 Å². The lowest BCUT2D eigenvalue weighted by Gasteiger charge is -2.28. The van der Waals surface area contributed by atoms with E-state index < -0.39 is 0 Å². The molecule has 18 heavy (non-hydrogen) atoms. The van der Waals surface area contributed by atoms with Gasteiger partial charge in [-0.1, -0.05) is 68.6 Å². The van der Waals surface area contributed by atoms with Gasteiger partial charge in [0.25, 0.3) is 0 Å². The maximum Gasteiger partial charge on any atom is -0.0111 e. The summed E-state index contributed by atoms with van der Waals surface area (Å²) >= 11 is 0. The van der Waals surface area contributed by atoms with Crippen molar-refractivity contribution in [2.45, 2.75) is 64.2 Å². The monoisotopic (exact) mass is 244 g/mol. The minimum Gasteiger partial charge on any atom is -0.0995 e. The van der Waals surface area contributed by atoms with Crippen molar-refractivity contribution in [3.8, 4) is 0 Å². The topological polar surface area (TPSA) is 0 Å². The van der Waals surface area contributed by atoms with Gasteiger partial charge >= 0.3 is 0 Å². The average molecular weight is 244 g/mol. The van der Waals surface area contributed by atoms with Crippen LogP contribution in [0.25, 0.3) is 0 Å². The van der Waals surface area contributed by atoms with Crippen LogP contribution in [0.2, 0.25) is 0 Å². The van der Waals surface area contributed by atoms with E-state index in [0.717, 1.165) is 24.7 Å². The molecule has 1 unspecified atom stereocenters. The van der Waals surface area contributed by atoms with Crippen LogP contribution in [-0.4, -0.2) is 0 Å². The zero-order chi connectivity index (χ0) is 12.8. The summed E-state index contributed by atoms with van der Waals surface area (Å²) in [5.41, 5.74) is 2.73. The Morgan fingerprint density at radius 1 is 0.889 bits per heavy atom. The third-order valence-electron chi connectivity index (χ3n) is 4.57. The fraction of sp³-hybridized carbons (Fsp3) is 0.667. The maximum atomic E-state index is 4.26. The zero-order valence-electron chi connectivity index (χ0n) is 11.8. The fourth-order valence-electron chi connectivity index (χ4n) is 3.55. The third-order valence-corrected chi connectivity index (χ3v) is 4.57. The van der Waals surface area contributed by atoms with E-state index in [4.69, 9.17) is 0 Å². The second-order valence-electron chi connectivity index (χ2n) is 6.28. The third kappa shape index (κ3) is 4.15. The Kier molecular flexibility index (Phi) is 5.28. The van der Waals surface area contributed by atoms with Gasteiger partial charge in [0.1, 0.15) is 0 Å². The predicted molar refractivity (Wildman–Crippen MR) is 80.6 cm³/mol. The summed E-state index contributed by atoms with van der Waals surface area (Å²) < 4.78 is 0. The lowest BCUT2D eigenvalue weighted by atomic mass is 9.77. The van der Waals surface area contributed by atoms with Gasteiger partial charge in [0.2, 0.25) is 0 Å². The molecular formula is C18H28. The molecule has 0 aromatic rings. The quantitative estimate of drug-likeness (QED) is 0.510. The molecule has 0 aromatic carbocycles. The largest absolute Gasteiger partial charge is 0.0995 e. The molecule has 0 radical (unpaired) electrons. The van der Waals surface area contributed by atoms with Crippen LogP contribution >= 0.6 is 0 Å².